The molecule has 4 rings (SSSR count). The fourth-order valence-electron chi connectivity index (χ4n) is 3.17. The number of alkyl halides is 3. The molecule has 0 aliphatic rings. The number of carbonyl (C=O) groups excluding carboxylic acids is 1. The Balaban J connectivity index is 1.47. The first-order valence-corrected chi connectivity index (χ1v) is 10.2. The number of aliphatic hydroxyl groups is 1. The van der Waals surface area contributed by atoms with Crippen LogP contribution in [0.4, 0.5) is 18.9 Å². The summed E-state index contributed by atoms with van der Waals surface area (Å²) in [5, 5.41) is 20.7. The number of fused-ring (bicyclic) bond motifs is 1. The Kier molecular flexibility index (Phi) is 6.64. The van der Waals surface area contributed by atoms with E-state index in [2.05, 4.69) is 20.3 Å². The first-order valence-electron chi connectivity index (χ1n) is 10.2. The van der Waals surface area contributed by atoms with Crippen molar-refractivity contribution in [3.63, 3.8) is 0 Å². The normalized spacial score (nSPS) is 11.4. The van der Waals surface area contributed by atoms with Crippen molar-refractivity contribution in [1.82, 2.24) is 15.0 Å². The number of aromatic nitrogens is 3. The molecule has 0 saturated heterocycles. The topological polar surface area (TPSA) is 98.5 Å². The second-order valence-corrected chi connectivity index (χ2v) is 7.16. The SMILES string of the molecule is O=C(COc1ccc(CCO)cc1-n1nc2ccccc2n1)Nc1ccc(OC(F)(F)F)cc1. The van der Waals surface area contributed by atoms with Gasteiger partial charge in [0.25, 0.3) is 5.91 Å². The first-order chi connectivity index (χ1) is 16.3. The number of anilines is 1. The van der Waals surface area contributed by atoms with E-state index < -0.39 is 18.0 Å². The lowest BCUT2D eigenvalue weighted by Crippen LogP contribution is -2.21. The van der Waals surface area contributed by atoms with Crippen molar-refractivity contribution in [2.45, 2.75) is 12.8 Å². The van der Waals surface area contributed by atoms with Crippen LogP contribution in [0.5, 0.6) is 11.5 Å². The van der Waals surface area contributed by atoms with Crippen molar-refractivity contribution in [2.24, 2.45) is 0 Å². The van der Waals surface area contributed by atoms with Crippen LogP contribution >= 0.6 is 0 Å². The molecule has 176 valence electrons. The highest BCUT2D eigenvalue weighted by Gasteiger charge is 2.31. The van der Waals surface area contributed by atoms with Gasteiger partial charge in [0.1, 0.15) is 28.2 Å². The van der Waals surface area contributed by atoms with Crippen molar-refractivity contribution in [3.8, 4) is 17.2 Å². The Morgan fingerprint density at radius 1 is 1.00 bits per heavy atom. The quantitative estimate of drug-likeness (QED) is 0.404. The largest absolute Gasteiger partial charge is 0.573 e. The van der Waals surface area contributed by atoms with Crippen molar-refractivity contribution in [3.05, 3.63) is 72.3 Å². The third-order valence-corrected chi connectivity index (χ3v) is 4.66. The molecule has 1 heterocycles. The van der Waals surface area contributed by atoms with Gasteiger partial charge in [-0.2, -0.15) is 0 Å². The molecule has 2 N–H and O–H groups in total. The standard InChI is InChI=1S/C23H19F3N4O4/c24-23(25,26)34-17-8-6-16(7-9-17)27-22(32)14-33-21-10-5-15(11-12-31)13-20(21)30-28-18-3-1-2-4-19(18)29-30/h1-10,13,31H,11-12,14H2,(H,27,32). The maximum atomic E-state index is 12.3. The van der Waals surface area contributed by atoms with Crippen LogP contribution in [0.2, 0.25) is 0 Å². The zero-order valence-corrected chi connectivity index (χ0v) is 17.6. The van der Waals surface area contributed by atoms with Crippen molar-refractivity contribution >= 4 is 22.6 Å². The van der Waals surface area contributed by atoms with Gasteiger partial charge < -0.3 is 19.9 Å². The molecule has 3 aromatic carbocycles. The lowest BCUT2D eigenvalue weighted by atomic mass is 10.1. The highest BCUT2D eigenvalue weighted by atomic mass is 19.4. The van der Waals surface area contributed by atoms with Crippen LogP contribution in [0.3, 0.4) is 0 Å². The molecular formula is C23H19F3N4O4. The van der Waals surface area contributed by atoms with Gasteiger partial charge in [0.05, 0.1) is 0 Å². The van der Waals surface area contributed by atoms with Crippen molar-refractivity contribution in [2.75, 3.05) is 18.5 Å². The average Bonchev–Trinajstić information content (AvgIpc) is 3.23. The number of nitrogens with zero attached hydrogens (tertiary/aromatic N) is 3. The molecule has 0 fully saturated rings. The van der Waals surface area contributed by atoms with Crippen LogP contribution in [0.1, 0.15) is 5.56 Å². The minimum absolute atomic E-state index is 0.0383. The zero-order chi connectivity index (χ0) is 24.1. The maximum Gasteiger partial charge on any atom is 0.573 e. The van der Waals surface area contributed by atoms with Crippen LogP contribution in [0, 0.1) is 0 Å². The van der Waals surface area contributed by atoms with Crippen LogP contribution in [0.25, 0.3) is 16.7 Å². The minimum atomic E-state index is -4.79. The third kappa shape index (κ3) is 5.81. The van der Waals surface area contributed by atoms with Gasteiger partial charge in [-0.3, -0.25) is 4.79 Å². The Morgan fingerprint density at radius 2 is 1.68 bits per heavy atom. The van der Waals surface area contributed by atoms with E-state index in [1.54, 1.807) is 18.2 Å². The molecule has 1 amide bonds. The molecule has 4 aromatic rings. The number of nitrogens with one attached hydrogen (secondary N) is 1. The summed E-state index contributed by atoms with van der Waals surface area (Å²) in [6.45, 7) is -0.405. The van der Waals surface area contributed by atoms with Crippen LogP contribution in [-0.4, -0.2) is 45.6 Å². The second kappa shape index (κ2) is 9.79. The molecule has 0 aliphatic carbocycles. The average molecular weight is 472 g/mol. The van der Waals surface area contributed by atoms with Crippen molar-refractivity contribution in [1.29, 1.82) is 0 Å². The van der Waals surface area contributed by atoms with Crippen LogP contribution < -0.4 is 14.8 Å². The Morgan fingerprint density at radius 3 is 2.29 bits per heavy atom. The number of amides is 1. The first kappa shape index (κ1) is 23.1. The molecule has 0 saturated carbocycles. The predicted molar refractivity (Wildman–Crippen MR) is 117 cm³/mol. The summed E-state index contributed by atoms with van der Waals surface area (Å²) in [4.78, 5) is 13.7. The van der Waals surface area contributed by atoms with Gasteiger partial charge in [-0.05, 0) is 60.5 Å². The highest BCUT2D eigenvalue weighted by molar-refractivity contribution is 5.92. The number of aliphatic hydroxyl groups excluding tert-OH is 1. The number of benzene rings is 3. The molecule has 0 spiro atoms. The molecule has 34 heavy (non-hydrogen) atoms. The summed E-state index contributed by atoms with van der Waals surface area (Å²) in [5.74, 6) is -0.576. The van der Waals surface area contributed by atoms with Gasteiger partial charge >= 0.3 is 6.36 Å². The Hall–Kier alpha value is -4.12. The van der Waals surface area contributed by atoms with Gasteiger partial charge in [-0.1, -0.05) is 18.2 Å². The molecule has 0 aliphatic heterocycles. The summed E-state index contributed by atoms with van der Waals surface area (Å²) in [6.07, 6.45) is -4.37. The lowest BCUT2D eigenvalue weighted by molar-refractivity contribution is -0.274. The molecule has 0 unspecified atom stereocenters. The Labute approximate surface area is 191 Å². The van der Waals surface area contributed by atoms with E-state index in [9.17, 15) is 23.1 Å². The Bertz CT molecular complexity index is 1260. The molecule has 8 nitrogen and oxygen atoms in total. The zero-order valence-electron chi connectivity index (χ0n) is 17.6. The van der Waals surface area contributed by atoms with Crippen LogP contribution in [-0.2, 0) is 11.2 Å². The van der Waals surface area contributed by atoms with E-state index in [1.807, 2.05) is 24.3 Å². The molecular weight excluding hydrogens is 453 g/mol. The molecule has 1 aromatic heterocycles. The van der Waals surface area contributed by atoms with Gasteiger partial charge in [0.15, 0.2) is 6.61 Å². The highest BCUT2D eigenvalue weighted by Crippen LogP contribution is 2.26. The second-order valence-electron chi connectivity index (χ2n) is 7.16. The fraction of sp³-hybridized carbons (Fsp3) is 0.174. The number of rotatable bonds is 8. The van der Waals surface area contributed by atoms with Crippen LogP contribution in [0.15, 0.2) is 66.7 Å². The van der Waals surface area contributed by atoms with Crippen molar-refractivity contribution < 1.29 is 32.5 Å². The van der Waals surface area contributed by atoms with Gasteiger partial charge in [-0.15, -0.1) is 28.2 Å². The monoisotopic (exact) mass is 472 g/mol. The van der Waals surface area contributed by atoms with E-state index in [0.29, 0.717) is 28.9 Å². The van der Waals surface area contributed by atoms with E-state index in [0.717, 1.165) is 17.7 Å². The molecule has 11 heteroatoms. The summed E-state index contributed by atoms with van der Waals surface area (Å²) < 4.78 is 46.3. The molecule has 0 bridgehead atoms. The van der Waals surface area contributed by atoms with E-state index >= 15 is 0 Å². The summed E-state index contributed by atoms with van der Waals surface area (Å²) in [6, 6.07) is 17.2. The maximum absolute atomic E-state index is 12.3. The number of ether oxygens (including phenoxy) is 2. The summed E-state index contributed by atoms with van der Waals surface area (Å²) in [7, 11) is 0. The number of halogens is 3. The van der Waals surface area contributed by atoms with Gasteiger partial charge in [-0.25, -0.2) is 0 Å². The molecule has 0 atom stereocenters. The third-order valence-electron chi connectivity index (χ3n) is 4.66. The minimum Gasteiger partial charge on any atom is -0.481 e. The number of carbonyl (C=O) groups is 1. The summed E-state index contributed by atoms with van der Waals surface area (Å²) in [5.41, 5.74) is 2.95. The fourth-order valence-corrected chi connectivity index (χ4v) is 3.17. The molecule has 0 radical (unpaired) electrons. The van der Waals surface area contributed by atoms with E-state index in [1.165, 1.54) is 16.9 Å². The van der Waals surface area contributed by atoms with Gasteiger partial charge in [0, 0.05) is 12.3 Å². The van der Waals surface area contributed by atoms with Gasteiger partial charge in [0.2, 0.25) is 0 Å². The lowest BCUT2D eigenvalue weighted by Gasteiger charge is -2.13. The van der Waals surface area contributed by atoms with E-state index in [4.69, 9.17) is 4.74 Å². The number of hydrogen-bond acceptors (Lipinski definition) is 6. The summed E-state index contributed by atoms with van der Waals surface area (Å²) >= 11 is 0. The number of hydrogen-bond donors (Lipinski definition) is 2. The smallest absolute Gasteiger partial charge is 0.481 e. The van der Waals surface area contributed by atoms with E-state index in [-0.39, 0.29) is 18.9 Å². The predicted octanol–water partition coefficient (Wildman–Crippen LogP) is 3.87.